The predicted octanol–water partition coefficient (Wildman–Crippen LogP) is 5.68. The molecule has 0 radical (unpaired) electrons. The molecule has 4 nitrogen and oxygen atoms in total. The maximum Gasteiger partial charge on any atom is 0.261 e. The van der Waals surface area contributed by atoms with E-state index in [4.69, 9.17) is 18.9 Å². The van der Waals surface area contributed by atoms with Crippen molar-refractivity contribution >= 4 is 18.7 Å². The third-order valence-corrected chi connectivity index (χ3v) is 13.2. The first-order chi connectivity index (χ1) is 17.3. The normalized spacial score (nSPS) is 25.4. The van der Waals surface area contributed by atoms with Gasteiger partial charge in [0.2, 0.25) is 11.6 Å². The molecule has 0 N–H and O–H groups in total. The molecule has 36 heavy (non-hydrogen) atoms. The number of hydrogen-bond acceptors (Lipinski definition) is 4. The molecular formula is C31H36O4Si. The monoisotopic (exact) mass is 500 g/mol. The molecular weight excluding hydrogens is 464 g/mol. The summed E-state index contributed by atoms with van der Waals surface area (Å²) in [5.41, 5.74) is 2.57. The van der Waals surface area contributed by atoms with E-state index >= 15 is 0 Å². The second-order valence-corrected chi connectivity index (χ2v) is 16.0. The Morgan fingerprint density at radius 2 is 1.28 bits per heavy atom. The van der Waals surface area contributed by atoms with Gasteiger partial charge in [0, 0.05) is 25.7 Å². The Labute approximate surface area is 215 Å². The molecule has 3 aliphatic rings. The zero-order valence-corrected chi connectivity index (χ0v) is 22.5. The highest BCUT2D eigenvalue weighted by atomic mass is 28.4. The molecule has 2 atom stereocenters. The largest absolute Gasteiger partial charge is 0.404 e. The smallest absolute Gasteiger partial charge is 0.261 e. The molecule has 0 amide bonds. The molecule has 1 heterocycles. The van der Waals surface area contributed by atoms with Crippen molar-refractivity contribution in [3.05, 3.63) is 96.1 Å². The second-order valence-electron chi connectivity index (χ2n) is 11.7. The van der Waals surface area contributed by atoms with Gasteiger partial charge >= 0.3 is 0 Å². The highest BCUT2D eigenvalue weighted by Crippen LogP contribution is 2.49. The molecule has 188 valence electrons. The van der Waals surface area contributed by atoms with E-state index in [1.54, 1.807) is 0 Å². The van der Waals surface area contributed by atoms with Gasteiger partial charge in [-0.05, 0) is 39.4 Å². The Kier molecular flexibility index (Phi) is 5.97. The van der Waals surface area contributed by atoms with E-state index in [9.17, 15) is 0 Å². The first kappa shape index (κ1) is 24.1. The molecule has 6 rings (SSSR count). The van der Waals surface area contributed by atoms with Crippen LogP contribution >= 0.6 is 0 Å². The summed E-state index contributed by atoms with van der Waals surface area (Å²) in [6.45, 7) is 6.98. The molecule has 2 aliphatic carbocycles. The summed E-state index contributed by atoms with van der Waals surface area (Å²) < 4.78 is 14.2. The zero-order valence-electron chi connectivity index (χ0n) is 21.5. The van der Waals surface area contributed by atoms with Crippen LogP contribution in [0.2, 0.25) is 5.04 Å². The van der Waals surface area contributed by atoms with Crippen molar-refractivity contribution in [2.75, 3.05) is 0 Å². The van der Waals surface area contributed by atoms with E-state index in [0.29, 0.717) is 6.42 Å². The van der Waals surface area contributed by atoms with Crippen molar-refractivity contribution in [3.8, 4) is 0 Å². The lowest BCUT2D eigenvalue weighted by Crippen LogP contribution is -2.68. The first-order valence-electron chi connectivity index (χ1n) is 13.3. The summed E-state index contributed by atoms with van der Waals surface area (Å²) in [6.07, 6.45) is 4.95. The molecule has 1 saturated heterocycles. The Hall–Kier alpha value is -2.28. The fourth-order valence-electron chi connectivity index (χ4n) is 6.56. The fourth-order valence-corrected chi connectivity index (χ4v) is 11.3. The van der Waals surface area contributed by atoms with E-state index in [-0.39, 0.29) is 11.1 Å². The van der Waals surface area contributed by atoms with Crippen molar-refractivity contribution < 1.29 is 18.9 Å². The molecule has 0 bridgehead atoms. The van der Waals surface area contributed by atoms with Crippen LogP contribution in [0, 0.1) is 0 Å². The van der Waals surface area contributed by atoms with Crippen LogP contribution in [0.25, 0.3) is 0 Å². The van der Waals surface area contributed by atoms with Gasteiger partial charge in [-0.2, -0.15) is 9.78 Å². The van der Waals surface area contributed by atoms with Crippen molar-refractivity contribution in [1.82, 2.24) is 0 Å². The Morgan fingerprint density at radius 3 is 1.83 bits per heavy atom. The van der Waals surface area contributed by atoms with Gasteiger partial charge in [0.05, 0.1) is 6.10 Å². The molecule has 0 aromatic heterocycles. The van der Waals surface area contributed by atoms with E-state index in [1.807, 2.05) is 0 Å². The van der Waals surface area contributed by atoms with Crippen LogP contribution in [0.5, 0.6) is 0 Å². The highest BCUT2D eigenvalue weighted by molar-refractivity contribution is 6.99. The maximum atomic E-state index is 7.44. The quantitative estimate of drug-likeness (QED) is 0.341. The van der Waals surface area contributed by atoms with E-state index in [1.165, 1.54) is 21.5 Å². The molecule has 2 fully saturated rings. The lowest BCUT2D eigenvalue weighted by Gasteiger charge is -2.47. The summed E-state index contributed by atoms with van der Waals surface area (Å²) in [7, 11) is -2.65. The third-order valence-electron chi connectivity index (χ3n) is 8.14. The fraction of sp³-hybridized carbons (Fsp3) is 0.419. The van der Waals surface area contributed by atoms with Gasteiger partial charge in [-0.25, -0.2) is 0 Å². The molecule has 5 heteroatoms. The second kappa shape index (κ2) is 8.93. The van der Waals surface area contributed by atoms with Crippen molar-refractivity contribution in [2.45, 2.75) is 82.0 Å². The van der Waals surface area contributed by atoms with Crippen molar-refractivity contribution in [2.24, 2.45) is 0 Å². The van der Waals surface area contributed by atoms with Crippen LogP contribution < -0.4 is 10.4 Å². The third kappa shape index (κ3) is 4.07. The van der Waals surface area contributed by atoms with Crippen LogP contribution in [-0.2, 0) is 31.8 Å². The molecule has 2 spiro atoms. The van der Waals surface area contributed by atoms with Crippen molar-refractivity contribution in [1.29, 1.82) is 0 Å². The Balaban J connectivity index is 1.31. The summed E-state index contributed by atoms with van der Waals surface area (Å²) in [5, 5.41) is 2.54. The minimum Gasteiger partial charge on any atom is -0.404 e. The maximum absolute atomic E-state index is 7.44. The number of ether oxygens (including phenoxy) is 1. The number of hydrogen-bond donors (Lipinski definition) is 0. The summed E-state index contributed by atoms with van der Waals surface area (Å²) in [4.78, 5) is 12.1. The zero-order chi connectivity index (χ0) is 24.9. The van der Waals surface area contributed by atoms with E-state index in [2.05, 4.69) is 106 Å². The molecule has 0 unspecified atom stereocenters. The van der Waals surface area contributed by atoms with Gasteiger partial charge < -0.3 is 9.16 Å². The number of rotatable bonds is 4. The lowest BCUT2D eigenvalue weighted by atomic mass is 9.91. The van der Waals surface area contributed by atoms with Gasteiger partial charge in [-0.1, -0.05) is 106 Å². The molecule has 3 aromatic rings. The molecule has 3 aromatic carbocycles. The minimum absolute atomic E-state index is 0.0209. The Morgan fingerprint density at radius 1 is 0.750 bits per heavy atom. The summed E-state index contributed by atoms with van der Waals surface area (Å²) in [6, 6.07) is 30.2. The van der Waals surface area contributed by atoms with Gasteiger partial charge in [-0.15, -0.1) is 0 Å². The van der Waals surface area contributed by atoms with E-state index in [0.717, 1.165) is 32.1 Å². The van der Waals surface area contributed by atoms with Gasteiger partial charge in [0.1, 0.15) is 0 Å². The van der Waals surface area contributed by atoms with Gasteiger partial charge in [-0.3, -0.25) is 0 Å². The van der Waals surface area contributed by atoms with Crippen LogP contribution in [0.1, 0.15) is 57.6 Å². The minimum atomic E-state index is -2.65. The average Bonchev–Trinajstić information content (AvgIpc) is 3.41. The topological polar surface area (TPSA) is 36.9 Å². The number of benzene rings is 3. The first-order valence-corrected chi connectivity index (χ1v) is 15.2. The van der Waals surface area contributed by atoms with Gasteiger partial charge in [0.15, 0.2) is 0 Å². The van der Waals surface area contributed by atoms with Crippen molar-refractivity contribution in [3.63, 3.8) is 0 Å². The number of fused-ring (bicyclic) bond motifs is 1. The van der Waals surface area contributed by atoms with Crippen LogP contribution in [0.15, 0.2) is 84.9 Å². The molecule has 1 saturated carbocycles. The SMILES string of the molecule is CC(C)(C)[Si](O[C@@H]1CCC[C@]2(C1)OOC1(Cc3ccccc3C1)O2)(c1ccccc1)c1ccccc1. The van der Waals surface area contributed by atoms with Gasteiger partial charge in [0.25, 0.3) is 8.32 Å². The summed E-state index contributed by atoms with van der Waals surface area (Å²) in [5.74, 6) is -1.47. The summed E-state index contributed by atoms with van der Waals surface area (Å²) >= 11 is 0. The lowest BCUT2D eigenvalue weighted by molar-refractivity contribution is -0.355. The molecule has 1 aliphatic heterocycles. The average molecular weight is 501 g/mol. The Bertz CT molecular complexity index is 1140. The van der Waals surface area contributed by atoms with Crippen LogP contribution in [0.3, 0.4) is 0 Å². The highest BCUT2D eigenvalue weighted by Gasteiger charge is 2.58. The standard InChI is InChI=1S/C31H36O4Si/c1-29(2,3)36(27-16-6-4-7-17-27,28-18-8-5-9-19-28)32-26-15-12-20-30(23-26)33-31(35-34-30)21-24-13-10-11-14-25(24)22-31/h4-11,13-14,16-19,26H,12,15,20-23H2,1-3H3/t26-,30-/m1/s1. The van der Waals surface area contributed by atoms with E-state index < -0.39 is 19.9 Å². The van der Waals surface area contributed by atoms with Crippen LogP contribution in [-0.4, -0.2) is 26.0 Å². The van der Waals surface area contributed by atoms with Crippen LogP contribution in [0.4, 0.5) is 0 Å². The predicted molar refractivity (Wildman–Crippen MR) is 144 cm³/mol.